The first-order valence-corrected chi connectivity index (χ1v) is 6.25. The van der Waals surface area contributed by atoms with Gasteiger partial charge in [-0.25, -0.2) is 0 Å². The largest absolute Gasteiger partial charge is 0.481 e. The number of hydrogen-bond acceptors (Lipinski definition) is 2. The molecule has 0 aliphatic heterocycles. The molecule has 0 bridgehead atoms. The van der Waals surface area contributed by atoms with Gasteiger partial charge < -0.3 is 10.4 Å². The van der Waals surface area contributed by atoms with Crippen LogP contribution in [0, 0.1) is 5.92 Å². The zero-order valence-corrected chi connectivity index (χ0v) is 9.98. The van der Waals surface area contributed by atoms with Crippen molar-refractivity contribution in [1.29, 1.82) is 0 Å². The first-order valence-electron chi connectivity index (χ1n) is 6.25. The summed E-state index contributed by atoms with van der Waals surface area (Å²) in [5.74, 6) is 0.0677. The van der Waals surface area contributed by atoms with Crippen molar-refractivity contribution in [3.8, 4) is 0 Å². The van der Waals surface area contributed by atoms with Gasteiger partial charge in [-0.05, 0) is 36.4 Å². The maximum atomic E-state index is 10.7. The van der Waals surface area contributed by atoms with Gasteiger partial charge in [0.2, 0.25) is 0 Å². The summed E-state index contributed by atoms with van der Waals surface area (Å²) in [6, 6.07) is 7.76. The molecule has 0 heterocycles. The molecule has 1 aromatic carbocycles. The third kappa shape index (κ3) is 3.56. The molecule has 0 saturated heterocycles. The minimum Gasteiger partial charge on any atom is -0.481 e. The first-order chi connectivity index (χ1) is 8.25. The first kappa shape index (κ1) is 12.1. The number of carbonyl (C=O) groups is 1. The molecule has 2 N–H and O–H groups in total. The Kier molecular flexibility index (Phi) is 4.15. The highest BCUT2D eigenvalue weighted by molar-refractivity contribution is 5.70. The van der Waals surface area contributed by atoms with Crippen molar-refractivity contribution < 1.29 is 9.90 Å². The third-order valence-electron chi connectivity index (χ3n) is 3.43. The van der Waals surface area contributed by atoms with E-state index < -0.39 is 5.97 Å². The van der Waals surface area contributed by atoms with Crippen LogP contribution < -0.4 is 5.32 Å². The number of aliphatic carboxylic acids is 1. The number of carboxylic acid groups (broad SMARTS) is 1. The number of carboxylic acids is 1. The van der Waals surface area contributed by atoms with Crippen LogP contribution in [0.1, 0.15) is 30.4 Å². The van der Waals surface area contributed by atoms with Crippen molar-refractivity contribution in [3.05, 3.63) is 35.4 Å². The Labute approximate surface area is 102 Å². The summed E-state index contributed by atoms with van der Waals surface area (Å²) in [7, 11) is 0. The lowest BCUT2D eigenvalue weighted by molar-refractivity contribution is -0.136. The van der Waals surface area contributed by atoms with Gasteiger partial charge in [0.15, 0.2) is 0 Å². The van der Waals surface area contributed by atoms with E-state index in [9.17, 15) is 4.79 Å². The fraction of sp³-hybridized carbons (Fsp3) is 0.500. The van der Waals surface area contributed by atoms with Crippen molar-refractivity contribution in [3.63, 3.8) is 0 Å². The van der Waals surface area contributed by atoms with E-state index in [1.54, 1.807) is 0 Å². The molecule has 1 aliphatic rings. The van der Waals surface area contributed by atoms with Gasteiger partial charge in [0.05, 0.1) is 6.42 Å². The summed E-state index contributed by atoms with van der Waals surface area (Å²) in [5.41, 5.74) is 2.02. The Morgan fingerprint density at radius 2 is 2.00 bits per heavy atom. The lowest BCUT2D eigenvalue weighted by Gasteiger charge is -2.25. The molecule has 0 radical (unpaired) electrons. The highest BCUT2D eigenvalue weighted by Gasteiger charge is 2.16. The van der Waals surface area contributed by atoms with Crippen LogP contribution in [-0.4, -0.2) is 17.6 Å². The molecule has 92 valence electrons. The van der Waals surface area contributed by atoms with Crippen LogP contribution in [0.25, 0.3) is 0 Å². The van der Waals surface area contributed by atoms with Gasteiger partial charge in [-0.3, -0.25) is 4.79 Å². The van der Waals surface area contributed by atoms with E-state index in [4.69, 9.17) is 5.11 Å². The molecule has 0 spiro atoms. The summed E-state index contributed by atoms with van der Waals surface area (Å²) in [6.07, 6.45) is 4.15. The summed E-state index contributed by atoms with van der Waals surface area (Å²) in [6.45, 7) is 1.83. The molecule has 1 aliphatic carbocycles. The van der Waals surface area contributed by atoms with Gasteiger partial charge in [0, 0.05) is 6.54 Å². The second kappa shape index (κ2) is 5.82. The van der Waals surface area contributed by atoms with Crippen molar-refractivity contribution in [2.75, 3.05) is 6.54 Å². The quantitative estimate of drug-likeness (QED) is 0.792. The van der Waals surface area contributed by atoms with E-state index in [0.29, 0.717) is 0 Å². The van der Waals surface area contributed by atoms with Gasteiger partial charge in [-0.15, -0.1) is 0 Å². The lowest BCUT2D eigenvalue weighted by Crippen LogP contribution is -2.27. The summed E-state index contributed by atoms with van der Waals surface area (Å²) in [5, 5.41) is 12.3. The van der Waals surface area contributed by atoms with Crippen LogP contribution in [-0.2, 0) is 17.8 Å². The van der Waals surface area contributed by atoms with Crippen molar-refractivity contribution >= 4 is 5.97 Å². The standard InChI is InChI=1S/C14H19NO2/c16-14(17)8-12-6-1-2-7-13(12)10-15-9-11-4-3-5-11/h1-2,6-7,11,15H,3-5,8-10H2,(H,16,17). The second-order valence-electron chi connectivity index (χ2n) is 4.77. The molecule has 17 heavy (non-hydrogen) atoms. The fourth-order valence-electron chi connectivity index (χ4n) is 2.17. The Hall–Kier alpha value is -1.35. The summed E-state index contributed by atoms with van der Waals surface area (Å²) < 4.78 is 0. The van der Waals surface area contributed by atoms with E-state index in [-0.39, 0.29) is 6.42 Å². The summed E-state index contributed by atoms with van der Waals surface area (Å²) >= 11 is 0. The number of rotatable bonds is 6. The van der Waals surface area contributed by atoms with Crippen LogP contribution in [0.15, 0.2) is 24.3 Å². The topological polar surface area (TPSA) is 49.3 Å². The van der Waals surface area contributed by atoms with Crippen molar-refractivity contribution in [2.24, 2.45) is 5.92 Å². The minimum atomic E-state index is -0.767. The van der Waals surface area contributed by atoms with Crippen LogP contribution in [0.3, 0.4) is 0 Å². The molecule has 0 amide bonds. The Balaban J connectivity index is 1.87. The second-order valence-corrected chi connectivity index (χ2v) is 4.77. The van der Waals surface area contributed by atoms with E-state index in [0.717, 1.165) is 30.1 Å². The van der Waals surface area contributed by atoms with Crippen LogP contribution in [0.5, 0.6) is 0 Å². The van der Waals surface area contributed by atoms with Gasteiger partial charge in [-0.2, -0.15) is 0 Å². The van der Waals surface area contributed by atoms with Crippen molar-refractivity contribution in [1.82, 2.24) is 5.32 Å². The van der Waals surface area contributed by atoms with E-state index in [1.165, 1.54) is 19.3 Å². The van der Waals surface area contributed by atoms with Crippen LogP contribution >= 0.6 is 0 Å². The monoisotopic (exact) mass is 233 g/mol. The molecule has 1 aromatic rings. The van der Waals surface area contributed by atoms with Gasteiger partial charge in [-0.1, -0.05) is 30.7 Å². The fourth-order valence-corrected chi connectivity index (χ4v) is 2.17. The normalized spacial score (nSPS) is 15.5. The van der Waals surface area contributed by atoms with Gasteiger partial charge in [0.25, 0.3) is 0 Å². The number of benzene rings is 1. The van der Waals surface area contributed by atoms with E-state index in [2.05, 4.69) is 5.32 Å². The predicted molar refractivity (Wildman–Crippen MR) is 66.8 cm³/mol. The molecular formula is C14H19NO2. The molecular weight excluding hydrogens is 214 g/mol. The van der Waals surface area contributed by atoms with Crippen LogP contribution in [0.4, 0.5) is 0 Å². The number of hydrogen-bond donors (Lipinski definition) is 2. The number of nitrogens with one attached hydrogen (secondary N) is 1. The highest BCUT2D eigenvalue weighted by atomic mass is 16.4. The molecule has 1 fully saturated rings. The molecule has 2 rings (SSSR count). The zero-order chi connectivity index (χ0) is 12.1. The Bertz CT molecular complexity index is 386. The van der Waals surface area contributed by atoms with Gasteiger partial charge >= 0.3 is 5.97 Å². The van der Waals surface area contributed by atoms with Crippen LogP contribution in [0.2, 0.25) is 0 Å². The third-order valence-corrected chi connectivity index (χ3v) is 3.43. The zero-order valence-electron chi connectivity index (χ0n) is 9.98. The van der Waals surface area contributed by atoms with E-state index in [1.807, 2.05) is 24.3 Å². The Morgan fingerprint density at radius 1 is 1.29 bits per heavy atom. The average Bonchev–Trinajstić information content (AvgIpc) is 2.23. The SMILES string of the molecule is O=C(O)Cc1ccccc1CNCC1CCC1. The molecule has 0 aromatic heterocycles. The minimum absolute atomic E-state index is 0.112. The van der Waals surface area contributed by atoms with Gasteiger partial charge in [0.1, 0.15) is 0 Å². The smallest absolute Gasteiger partial charge is 0.307 e. The maximum absolute atomic E-state index is 10.7. The highest BCUT2D eigenvalue weighted by Crippen LogP contribution is 2.25. The Morgan fingerprint density at radius 3 is 2.59 bits per heavy atom. The summed E-state index contributed by atoms with van der Waals surface area (Å²) in [4.78, 5) is 10.7. The molecule has 0 atom stereocenters. The molecule has 0 unspecified atom stereocenters. The lowest BCUT2D eigenvalue weighted by atomic mass is 9.85. The predicted octanol–water partition coefficient (Wildman–Crippen LogP) is 2.20. The maximum Gasteiger partial charge on any atom is 0.307 e. The molecule has 3 heteroatoms. The average molecular weight is 233 g/mol. The molecule has 3 nitrogen and oxygen atoms in total. The van der Waals surface area contributed by atoms with Crippen molar-refractivity contribution in [2.45, 2.75) is 32.2 Å². The molecule has 1 saturated carbocycles. The van der Waals surface area contributed by atoms with E-state index >= 15 is 0 Å².